The zero-order valence-electron chi connectivity index (χ0n) is 16.6. The standard InChI is InChI=1S/C25H16FN3O2S/c26-18-13-11-17(12-14-18)22-23(25(30)31)32-24(27-22)20-15-29(19-9-5-2-6-10-19)28-21(20)16-7-3-1-4-8-16/h1-15H,(H,30,31). The van der Waals surface area contributed by atoms with Gasteiger partial charge in [-0.05, 0) is 36.4 Å². The van der Waals surface area contributed by atoms with Crippen LogP contribution in [0.4, 0.5) is 4.39 Å². The summed E-state index contributed by atoms with van der Waals surface area (Å²) in [6.07, 6.45) is 1.86. The number of hydrogen-bond acceptors (Lipinski definition) is 4. The Hall–Kier alpha value is -4.10. The Kier molecular flexibility index (Phi) is 5.09. The normalized spacial score (nSPS) is 10.9. The third-order valence-corrected chi connectivity index (χ3v) is 6.03. The molecular formula is C25H16FN3O2S. The lowest BCUT2D eigenvalue weighted by molar-refractivity contribution is 0.0702. The first-order valence-corrected chi connectivity index (χ1v) is 10.6. The second-order valence-electron chi connectivity index (χ2n) is 7.05. The van der Waals surface area contributed by atoms with Crippen LogP contribution in [0.3, 0.4) is 0 Å². The van der Waals surface area contributed by atoms with Crippen LogP contribution in [-0.4, -0.2) is 25.8 Å². The highest BCUT2D eigenvalue weighted by molar-refractivity contribution is 7.17. The molecule has 5 nitrogen and oxygen atoms in total. The van der Waals surface area contributed by atoms with Crippen LogP contribution in [-0.2, 0) is 0 Å². The zero-order chi connectivity index (χ0) is 22.1. The summed E-state index contributed by atoms with van der Waals surface area (Å²) in [4.78, 5) is 16.7. The molecule has 0 bridgehead atoms. The fourth-order valence-corrected chi connectivity index (χ4v) is 4.37. The van der Waals surface area contributed by atoms with E-state index in [4.69, 9.17) is 5.10 Å². The van der Waals surface area contributed by atoms with E-state index >= 15 is 0 Å². The Morgan fingerprint density at radius 3 is 2.12 bits per heavy atom. The van der Waals surface area contributed by atoms with Crippen molar-refractivity contribution in [1.29, 1.82) is 0 Å². The molecule has 0 saturated heterocycles. The third kappa shape index (κ3) is 3.70. The monoisotopic (exact) mass is 441 g/mol. The summed E-state index contributed by atoms with van der Waals surface area (Å²) in [5.41, 5.74) is 4.05. The minimum absolute atomic E-state index is 0.0954. The van der Waals surface area contributed by atoms with Crippen molar-refractivity contribution in [3.8, 4) is 38.8 Å². The van der Waals surface area contributed by atoms with Gasteiger partial charge in [-0.15, -0.1) is 11.3 Å². The van der Waals surface area contributed by atoms with Crippen molar-refractivity contribution in [2.75, 3.05) is 0 Å². The summed E-state index contributed by atoms with van der Waals surface area (Å²) in [5.74, 6) is -1.47. The van der Waals surface area contributed by atoms with Gasteiger partial charge in [-0.3, -0.25) is 0 Å². The topological polar surface area (TPSA) is 68.0 Å². The van der Waals surface area contributed by atoms with Crippen LogP contribution in [0, 0.1) is 5.82 Å². The zero-order valence-corrected chi connectivity index (χ0v) is 17.5. The Labute approximate surface area is 187 Å². The van der Waals surface area contributed by atoms with Crippen LogP contribution in [0.1, 0.15) is 9.67 Å². The molecule has 0 aliphatic rings. The number of nitrogens with zero attached hydrogens (tertiary/aromatic N) is 3. The van der Waals surface area contributed by atoms with E-state index in [1.165, 1.54) is 24.3 Å². The molecule has 0 aliphatic carbocycles. The summed E-state index contributed by atoms with van der Waals surface area (Å²) in [6.45, 7) is 0. The van der Waals surface area contributed by atoms with Gasteiger partial charge in [0.2, 0.25) is 0 Å². The van der Waals surface area contributed by atoms with Crippen molar-refractivity contribution in [3.63, 3.8) is 0 Å². The van der Waals surface area contributed by atoms with Crippen molar-refractivity contribution in [2.45, 2.75) is 0 Å². The minimum Gasteiger partial charge on any atom is -0.477 e. The van der Waals surface area contributed by atoms with Crippen molar-refractivity contribution >= 4 is 17.3 Å². The molecule has 2 heterocycles. The average molecular weight is 441 g/mol. The Morgan fingerprint density at radius 2 is 1.47 bits per heavy atom. The lowest BCUT2D eigenvalue weighted by atomic mass is 10.1. The summed E-state index contributed by atoms with van der Waals surface area (Å²) in [7, 11) is 0. The molecule has 7 heteroatoms. The van der Waals surface area contributed by atoms with Crippen molar-refractivity contribution in [1.82, 2.24) is 14.8 Å². The van der Waals surface area contributed by atoms with E-state index in [1.54, 1.807) is 4.68 Å². The Bertz CT molecular complexity index is 1390. The number of carbonyl (C=O) groups is 1. The molecule has 5 rings (SSSR count). The molecule has 5 aromatic rings. The molecular weight excluding hydrogens is 425 g/mol. The number of carboxylic acids is 1. The van der Waals surface area contributed by atoms with Gasteiger partial charge in [0.25, 0.3) is 0 Å². The maximum atomic E-state index is 13.4. The van der Waals surface area contributed by atoms with E-state index < -0.39 is 11.8 Å². The average Bonchev–Trinajstić information content (AvgIpc) is 3.46. The van der Waals surface area contributed by atoms with Gasteiger partial charge in [-0.1, -0.05) is 48.5 Å². The smallest absolute Gasteiger partial charge is 0.348 e. The third-order valence-electron chi connectivity index (χ3n) is 4.95. The maximum absolute atomic E-state index is 13.4. The fraction of sp³-hybridized carbons (Fsp3) is 0. The molecule has 0 spiro atoms. The second-order valence-corrected chi connectivity index (χ2v) is 8.05. The molecule has 3 aromatic carbocycles. The maximum Gasteiger partial charge on any atom is 0.348 e. The Balaban J connectivity index is 1.70. The van der Waals surface area contributed by atoms with Gasteiger partial charge in [0.1, 0.15) is 21.4 Å². The van der Waals surface area contributed by atoms with E-state index in [2.05, 4.69) is 4.98 Å². The molecule has 1 N–H and O–H groups in total. The first kappa shape index (κ1) is 19.8. The lowest BCUT2D eigenvalue weighted by Crippen LogP contribution is -1.95. The molecule has 0 amide bonds. The quantitative estimate of drug-likeness (QED) is 0.354. The molecule has 2 aromatic heterocycles. The predicted molar refractivity (Wildman–Crippen MR) is 122 cm³/mol. The molecule has 0 unspecified atom stereocenters. The van der Waals surface area contributed by atoms with Gasteiger partial charge in [0, 0.05) is 17.3 Å². The summed E-state index contributed by atoms with van der Waals surface area (Å²) in [5, 5.41) is 15.1. The van der Waals surface area contributed by atoms with Gasteiger partial charge in [0.05, 0.1) is 16.9 Å². The lowest BCUT2D eigenvalue weighted by Gasteiger charge is -2.00. The van der Waals surface area contributed by atoms with Crippen LogP contribution in [0.15, 0.2) is 91.1 Å². The van der Waals surface area contributed by atoms with Crippen molar-refractivity contribution in [2.24, 2.45) is 0 Å². The van der Waals surface area contributed by atoms with E-state index in [1.807, 2.05) is 66.9 Å². The van der Waals surface area contributed by atoms with Gasteiger partial charge >= 0.3 is 5.97 Å². The number of thiazole rings is 1. The number of hydrogen-bond donors (Lipinski definition) is 1. The van der Waals surface area contributed by atoms with Gasteiger partial charge in [-0.25, -0.2) is 18.9 Å². The number of carboxylic acid groups (broad SMARTS) is 1. The van der Waals surface area contributed by atoms with E-state index in [-0.39, 0.29) is 4.88 Å². The fourth-order valence-electron chi connectivity index (χ4n) is 3.44. The molecule has 0 saturated carbocycles. The number of aromatic nitrogens is 3. The highest BCUT2D eigenvalue weighted by Gasteiger charge is 2.23. The number of para-hydroxylation sites is 1. The predicted octanol–water partition coefficient (Wildman–Crippen LogP) is 6.17. The SMILES string of the molecule is O=C(O)c1sc(-c2cn(-c3ccccc3)nc2-c2ccccc2)nc1-c1ccc(F)cc1. The van der Waals surface area contributed by atoms with Crippen LogP contribution >= 0.6 is 11.3 Å². The number of rotatable bonds is 5. The van der Waals surface area contributed by atoms with Crippen LogP contribution in [0.2, 0.25) is 0 Å². The Morgan fingerprint density at radius 1 is 0.844 bits per heavy atom. The van der Waals surface area contributed by atoms with Gasteiger partial charge < -0.3 is 5.11 Å². The molecule has 0 aliphatic heterocycles. The second kappa shape index (κ2) is 8.20. The van der Waals surface area contributed by atoms with Crippen LogP contribution in [0.25, 0.3) is 38.8 Å². The number of halogens is 1. The first-order valence-electron chi connectivity index (χ1n) is 9.81. The summed E-state index contributed by atoms with van der Waals surface area (Å²) < 4.78 is 15.2. The molecule has 0 radical (unpaired) electrons. The first-order chi connectivity index (χ1) is 15.6. The number of benzene rings is 3. The van der Waals surface area contributed by atoms with Crippen molar-refractivity contribution in [3.05, 3.63) is 102 Å². The van der Waals surface area contributed by atoms with Crippen LogP contribution < -0.4 is 0 Å². The van der Waals surface area contributed by atoms with E-state index in [0.29, 0.717) is 22.0 Å². The van der Waals surface area contributed by atoms with Crippen molar-refractivity contribution < 1.29 is 14.3 Å². The minimum atomic E-state index is -1.08. The molecule has 0 atom stereocenters. The van der Waals surface area contributed by atoms with Gasteiger partial charge in [0.15, 0.2) is 0 Å². The van der Waals surface area contributed by atoms with E-state index in [9.17, 15) is 14.3 Å². The number of aromatic carboxylic acids is 1. The highest BCUT2D eigenvalue weighted by Crippen LogP contribution is 2.38. The van der Waals surface area contributed by atoms with Gasteiger partial charge in [-0.2, -0.15) is 5.10 Å². The highest BCUT2D eigenvalue weighted by atomic mass is 32.1. The summed E-state index contributed by atoms with van der Waals surface area (Å²) >= 11 is 1.08. The largest absolute Gasteiger partial charge is 0.477 e. The van der Waals surface area contributed by atoms with E-state index in [0.717, 1.165) is 28.2 Å². The van der Waals surface area contributed by atoms with Crippen LogP contribution in [0.5, 0.6) is 0 Å². The molecule has 156 valence electrons. The molecule has 0 fully saturated rings. The summed E-state index contributed by atoms with van der Waals surface area (Å²) in [6, 6.07) is 25.0. The molecule has 32 heavy (non-hydrogen) atoms.